The van der Waals surface area contributed by atoms with Crippen LogP contribution in [0.2, 0.25) is 10.0 Å². The molecular formula is C10H8Cl2N2. The Balaban J connectivity index is 0.000000354. The van der Waals surface area contributed by atoms with Gasteiger partial charge in [-0.05, 0) is 25.2 Å². The maximum Gasteiger partial charge on any atom is 0.0833 e. The molecule has 0 saturated heterocycles. The van der Waals surface area contributed by atoms with E-state index in [-0.39, 0.29) is 0 Å². The third-order valence-corrected chi connectivity index (χ3v) is 2.75. The van der Waals surface area contributed by atoms with E-state index < -0.39 is 0 Å². The highest BCUT2D eigenvalue weighted by atomic mass is 35.5. The van der Waals surface area contributed by atoms with Crippen molar-refractivity contribution in [2.24, 2.45) is 10.7 Å². The van der Waals surface area contributed by atoms with Crippen LogP contribution in [-0.4, -0.2) is 7.05 Å². The van der Waals surface area contributed by atoms with Gasteiger partial charge in [-0.25, -0.2) is 4.99 Å². The molecule has 0 aromatic heterocycles. The molecule has 0 spiro atoms. The summed E-state index contributed by atoms with van der Waals surface area (Å²) in [6.45, 7) is 0. The predicted octanol–water partition coefficient (Wildman–Crippen LogP) is 2.71. The first kappa shape index (κ1) is 9.71. The first-order valence-electron chi connectivity index (χ1n) is 4.14. The van der Waals surface area contributed by atoms with Crippen LogP contribution in [0, 0.1) is 0 Å². The number of nitrogens with zero attached hydrogens (tertiary/aromatic N) is 1. The maximum absolute atomic E-state index is 5.97. The fourth-order valence-corrected chi connectivity index (χ4v) is 2.16. The average molecular weight is 227 g/mol. The van der Waals surface area contributed by atoms with Gasteiger partial charge in [0.15, 0.2) is 0 Å². The van der Waals surface area contributed by atoms with E-state index in [1.54, 1.807) is 6.07 Å². The fourth-order valence-electron chi connectivity index (χ4n) is 1.55. The van der Waals surface area contributed by atoms with Gasteiger partial charge in [0.2, 0.25) is 0 Å². The molecule has 0 fully saturated rings. The van der Waals surface area contributed by atoms with Crippen molar-refractivity contribution in [1.82, 2.24) is 0 Å². The summed E-state index contributed by atoms with van der Waals surface area (Å²) in [5.74, 6) is 0. The topological polar surface area (TPSA) is 38.4 Å². The van der Waals surface area contributed by atoms with E-state index in [0.29, 0.717) is 10.0 Å². The molecule has 3 rings (SSSR count). The molecule has 4 heteroatoms. The zero-order valence-electron chi connectivity index (χ0n) is 7.51. The van der Waals surface area contributed by atoms with Crippen LogP contribution in [0.25, 0.3) is 10.8 Å². The quantitative estimate of drug-likeness (QED) is 0.630. The minimum Gasteiger partial charge on any atom is -0.333 e. The summed E-state index contributed by atoms with van der Waals surface area (Å²) in [4.78, 5) is 4.25. The summed E-state index contributed by atoms with van der Waals surface area (Å²) in [5, 5.41) is 4.38. The van der Waals surface area contributed by atoms with Gasteiger partial charge < -0.3 is 5.73 Å². The standard InChI is InChI=1S/C9H3Cl2N.CH5N/c10-5-3-6(11)8-7-2-1-4(5)9(8)12-7;1-2/h1-3H;2H2,1H3. The van der Waals surface area contributed by atoms with Gasteiger partial charge >= 0.3 is 0 Å². The third kappa shape index (κ3) is 1.12. The monoisotopic (exact) mass is 226 g/mol. The lowest BCUT2D eigenvalue weighted by Gasteiger charge is -2.13. The molecule has 2 aromatic rings. The highest BCUT2D eigenvalue weighted by Crippen LogP contribution is 2.35. The summed E-state index contributed by atoms with van der Waals surface area (Å²) in [6.07, 6.45) is 0. The molecular weight excluding hydrogens is 219 g/mol. The first-order chi connectivity index (χ1) is 6.77. The van der Waals surface area contributed by atoms with Crippen molar-refractivity contribution in [2.75, 3.05) is 7.05 Å². The SMILES string of the molecule is CN.Clc1cc(Cl)c2c3ccc1c2n3. The van der Waals surface area contributed by atoms with E-state index in [1.165, 1.54) is 7.05 Å². The summed E-state index contributed by atoms with van der Waals surface area (Å²) >= 11 is 11.9. The Kier molecular flexibility index (Phi) is 2.35. The van der Waals surface area contributed by atoms with Gasteiger partial charge in [-0.3, -0.25) is 0 Å². The van der Waals surface area contributed by atoms with E-state index in [2.05, 4.69) is 10.7 Å². The molecule has 14 heavy (non-hydrogen) atoms. The Morgan fingerprint density at radius 2 is 1.86 bits per heavy atom. The van der Waals surface area contributed by atoms with Gasteiger partial charge in [0.05, 0.1) is 21.1 Å². The van der Waals surface area contributed by atoms with Gasteiger partial charge in [-0.2, -0.15) is 0 Å². The normalized spacial score (nSPS) is 11.4. The van der Waals surface area contributed by atoms with Crippen molar-refractivity contribution in [3.63, 3.8) is 0 Å². The summed E-state index contributed by atoms with van der Waals surface area (Å²) in [7, 11) is 1.50. The highest BCUT2D eigenvalue weighted by molar-refractivity contribution is 6.40. The lowest BCUT2D eigenvalue weighted by molar-refractivity contribution is 1.32. The van der Waals surface area contributed by atoms with Crippen LogP contribution in [0.3, 0.4) is 0 Å². The molecule has 0 amide bonds. The summed E-state index contributed by atoms with van der Waals surface area (Å²) in [6, 6.07) is 5.69. The van der Waals surface area contributed by atoms with Crippen LogP contribution in [0.1, 0.15) is 0 Å². The predicted molar refractivity (Wildman–Crippen MR) is 60.5 cm³/mol. The zero-order valence-corrected chi connectivity index (χ0v) is 9.02. The Labute approximate surface area is 91.3 Å². The largest absolute Gasteiger partial charge is 0.333 e. The third-order valence-electron chi connectivity index (χ3n) is 2.14. The van der Waals surface area contributed by atoms with Crippen molar-refractivity contribution in [1.29, 1.82) is 0 Å². The van der Waals surface area contributed by atoms with Crippen LogP contribution >= 0.6 is 23.2 Å². The lowest BCUT2D eigenvalue weighted by Crippen LogP contribution is -2.12. The highest BCUT2D eigenvalue weighted by Gasteiger charge is 2.16. The number of hydrogen-bond acceptors (Lipinski definition) is 2. The van der Waals surface area contributed by atoms with Crippen LogP contribution < -0.4 is 11.1 Å². The van der Waals surface area contributed by atoms with E-state index in [0.717, 1.165) is 21.8 Å². The second-order valence-corrected chi connectivity index (χ2v) is 3.62. The van der Waals surface area contributed by atoms with Crippen molar-refractivity contribution < 1.29 is 0 Å². The Bertz CT molecular complexity index is 526. The van der Waals surface area contributed by atoms with Crippen LogP contribution in [0.4, 0.5) is 5.69 Å². The Morgan fingerprint density at radius 3 is 2.50 bits per heavy atom. The molecule has 4 bridgehead atoms. The molecule has 0 aliphatic carbocycles. The minimum atomic E-state index is 0.678. The summed E-state index contributed by atoms with van der Waals surface area (Å²) < 4.78 is 0. The molecule has 1 heterocycles. The number of halogens is 2. The minimum absolute atomic E-state index is 0.678. The zero-order chi connectivity index (χ0) is 10.3. The Hall–Kier alpha value is -0.830. The molecule has 1 aliphatic rings. The van der Waals surface area contributed by atoms with E-state index in [4.69, 9.17) is 23.2 Å². The van der Waals surface area contributed by atoms with Crippen LogP contribution in [0.5, 0.6) is 0 Å². The Morgan fingerprint density at radius 1 is 1.14 bits per heavy atom. The van der Waals surface area contributed by atoms with Crippen molar-refractivity contribution in [2.45, 2.75) is 0 Å². The van der Waals surface area contributed by atoms with Gasteiger partial charge in [0.1, 0.15) is 0 Å². The number of benzene rings is 2. The average Bonchev–Trinajstić information content (AvgIpc) is 2.18. The molecule has 2 nitrogen and oxygen atoms in total. The molecule has 0 radical (unpaired) electrons. The number of nitrogens with two attached hydrogens (primary N) is 1. The van der Waals surface area contributed by atoms with Gasteiger partial charge in [0, 0.05) is 10.8 Å². The van der Waals surface area contributed by atoms with Crippen molar-refractivity contribution in [3.8, 4) is 0 Å². The summed E-state index contributed by atoms with van der Waals surface area (Å²) in [5.41, 5.74) is 5.47. The van der Waals surface area contributed by atoms with Crippen LogP contribution in [-0.2, 0) is 0 Å². The van der Waals surface area contributed by atoms with E-state index in [9.17, 15) is 0 Å². The smallest absolute Gasteiger partial charge is 0.0833 e. The number of rotatable bonds is 0. The van der Waals surface area contributed by atoms with Crippen molar-refractivity contribution >= 4 is 39.7 Å². The van der Waals surface area contributed by atoms with Gasteiger partial charge in [-0.1, -0.05) is 23.2 Å². The van der Waals surface area contributed by atoms with Crippen molar-refractivity contribution in [3.05, 3.63) is 33.6 Å². The second kappa shape index (κ2) is 3.39. The lowest BCUT2D eigenvalue weighted by atomic mass is 10.0. The van der Waals surface area contributed by atoms with E-state index >= 15 is 0 Å². The maximum atomic E-state index is 5.97. The van der Waals surface area contributed by atoms with E-state index in [1.807, 2.05) is 12.1 Å². The number of hydrogen-bond donors (Lipinski definition) is 1. The first-order valence-corrected chi connectivity index (χ1v) is 4.90. The molecule has 72 valence electrons. The van der Waals surface area contributed by atoms with Gasteiger partial charge in [0.25, 0.3) is 0 Å². The molecule has 2 N–H and O–H groups in total. The van der Waals surface area contributed by atoms with Gasteiger partial charge in [-0.15, -0.1) is 0 Å². The molecule has 0 unspecified atom stereocenters. The van der Waals surface area contributed by atoms with Crippen LogP contribution in [0.15, 0.2) is 23.2 Å². The molecule has 0 atom stereocenters. The molecule has 2 aromatic carbocycles. The molecule has 0 saturated carbocycles. The fraction of sp³-hybridized carbons (Fsp3) is 0.100. The second-order valence-electron chi connectivity index (χ2n) is 2.81. The molecule has 1 aliphatic heterocycles.